The number of nitrogens with one attached hydrogen (secondary N) is 1. The molecule has 0 saturated carbocycles. The number of amides is 1. The van der Waals surface area contributed by atoms with E-state index >= 15 is 0 Å². The highest BCUT2D eigenvalue weighted by Crippen LogP contribution is 2.40. The van der Waals surface area contributed by atoms with E-state index < -0.39 is 17.2 Å². The molecule has 0 bridgehead atoms. The molecule has 1 N–H and O–H groups in total. The Morgan fingerprint density at radius 1 is 1.00 bits per heavy atom. The highest BCUT2D eigenvalue weighted by molar-refractivity contribution is 8.00. The molecule has 0 aliphatic rings. The van der Waals surface area contributed by atoms with Gasteiger partial charge in [0.2, 0.25) is 0 Å². The number of benzene rings is 2. The Morgan fingerprint density at radius 3 is 2.24 bits per heavy atom. The van der Waals surface area contributed by atoms with Crippen molar-refractivity contribution < 1.29 is 22.4 Å². The van der Waals surface area contributed by atoms with Crippen LogP contribution < -0.4 is 5.32 Å². The third-order valence-electron chi connectivity index (χ3n) is 2.47. The Kier molecular flexibility index (Phi) is 4.52. The number of alkyl halides is 3. The second-order valence-electron chi connectivity index (χ2n) is 4.00. The summed E-state index contributed by atoms with van der Waals surface area (Å²) in [6.45, 7) is 0. The maximum atomic E-state index is 12.8. The molecule has 0 aromatic heterocycles. The van der Waals surface area contributed by atoms with Crippen LogP contribution in [0.5, 0.6) is 0 Å². The van der Waals surface area contributed by atoms with Gasteiger partial charge in [-0.2, -0.15) is 13.2 Å². The van der Waals surface area contributed by atoms with Crippen LogP contribution in [0.2, 0.25) is 0 Å². The maximum absolute atomic E-state index is 12.8. The Hall–Kier alpha value is -2.02. The predicted octanol–water partition coefficient (Wildman–Crippen LogP) is 4.69. The molecule has 110 valence electrons. The van der Waals surface area contributed by atoms with Crippen LogP contribution in [-0.4, -0.2) is 11.4 Å². The fraction of sp³-hybridized carbons (Fsp3) is 0.0714. The lowest BCUT2D eigenvalue weighted by Gasteiger charge is -2.12. The van der Waals surface area contributed by atoms with E-state index in [1.165, 1.54) is 36.4 Å². The van der Waals surface area contributed by atoms with Gasteiger partial charge in [-0.3, -0.25) is 4.79 Å². The lowest BCUT2D eigenvalue weighted by Crippen LogP contribution is -2.13. The summed E-state index contributed by atoms with van der Waals surface area (Å²) >= 11 is -0.308. The van der Waals surface area contributed by atoms with Crippen molar-refractivity contribution in [3.05, 3.63) is 59.9 Å². The van der Waals surface area contributed by atoms with Crippen LogP contribution >= 0.6 is 11.8 Å². The smallest absolute Gasteiger partial charge is 0.321 e. The second kappa shape index (κ2) is 6.17. The van der Waals surface area contributed by atoms with Crippen LogP contribution in [0.4, 0.5) is 23.2 Å². The average Bonchev–Trinajstić information content (AvgIpc) is 2.40. The summed E-state index contributed by atoms with van der Waals surface area (Å²) in [6.07, 6.45) is 0. The number of halogens is 4. The van der Waals surface area contributed by atoms with Crippen molar-refractivity contribution in [1.82, 2.24) is 0 Å². The summed E-state index contributed by atoms with van der Waals surface area (Å²) in [7, 11) is 0. The molecule has 2 aromatic rings. The molecule has 2 nitrogen and oxygen atoms in total. The lowest BCUT2D eigenvalue weighted by molar-refractivity contribution is -0.0328. The minimum absolute atomic E-state index is 0.0501. The van der Waals surface area contributed by atoms with Crippen molar-refractivity contribution in [1.29, 1.82) is 0 Å². The standard InChI is InChI=1S/C14H9F4NOS/c15-10-7-5-9(6-8-10)13(20)19-11-3-1-2-4-12(11)21-14(16,17)18/h1-8H,(H,19,20). The molecule has 0 heterocycles. The molecule has 0 aliphatic carbocycles. The first-order valence-electron chi connectivity index (χ1n) is 5.77. The first-order chi connectivity index (χ1) is 9.85. The van der Waals surface area contributed by atoms with Gasteiger partial charge in [-0.1, -0.05) is 12.1 Å². The van der Waals surface area contributed by atoms with Gasteiger partial charge in [-0.15, -0.1) is 0 Å². The first kappa shape index (κ1) is 15.4. The fourth-order valence-electron chi connectivity index (χ4n) is 1.58. The van der Waals surface area contributed by atoms with Gasteiger partial charge in [0.25, 0.3) is 5.91 Å². The molecule has 0 fully saturated rings. The van der Waals surface area contributed by atoms with Crippen molar-refractivity contribution in [2.45, 2.75) is 10.4 Å². The van der Waals surface area contributed by atoms with E-state index in [9.17, 15) is 22.4 Å². The summed E-state index contributed by atoms with van der Waals surface area (Å²) in [5, 5.41) is 2.39. The zero-order chi connectivity index (χ0) is 15.5. The van der Waals surface area contributed by atoms with Gasteiger partial charge in [-0.25, -0.2) is 4.39 Å². The van der Waals surface area contributed by atoms with Gasteiger partial charge in [0.05, 0.1) is 5.69 Å². The zero-order valence-corrected chi connectivity index (χ0v) is 11.3. The van der Waals surface area contributed by atoms with Crippen molar-refractivity contribution in [3.8, 4) is 0 Å². The molecule has 0 unspecified atom stereocenters. The Labute approximate surface area is 122 Å². The van der Waals surface area contributed by atoms with E-state index in [1.54, 1.807) is 0 Å². The number of hydrogen-bond donors (Lipinski definition) is 1. The van der Waals surface area contributed by atoms with E-state index in [1.807, 2.05) is 0 Å². The normalized spacial score (nSPS) is 11.2. The van der Waals surface area contributed by atoms with Crippen LogP contribution in [0.3, 0.4) is 0 Å². The summed E-state index contributed by atoms with van der Waals surface area (Å²) in [4.78, 5) is 11.8. The number of thioether (sulfide) groups is 1. The first-order valence-corrected chi connectivity index (χ1v) is 6.58. The van der Waals surface area contributed by atoms with Crippen LogP contribution in [0.15, 0.2) is 53.4 Å². The number of carbonyl (C=O) groups is 1. The molecular formula is C14H9F4NOS. The Bertz CT molecular complexity index is 640. The van der Waals surface area contributed by atoms with Crippen molar-refractivity contribution >= 4 is 23.4 Å². The maximum Gasteiger partial charge on any atom is 0.446 e. The summed E-state index contributed by atoms with van der Waals surface area (Å²) < 4.78 is 50.1. The third-order valence-corrected chi connectivity index (χ3v) is 3.27. The van der Waals surface area contributed by atoms with E-state index in [-0.39, 0.29) is 27.9 Å². The van der Waals surface area contributed by atoms with Gasteiger partial charge in [0, 0.05) is 10.5 Å². The number of hydrogen-bond acceptors (Lipinski definition) is 2. The van der Waals surface area contributed by atoms with Crippen molar-refractivity contribution in [3.63, 3.8) is 0 Å². The molecular weight excluding hydrogens is 306 g/mol. The van der Waals surface area contributed by atoms with Gasteiger partial charge in [0.1, 0.15) is 5.82 Å². The molecule has 0 spiro atoms. The van der Waals surface area contributed by atoms with Crippen LogP contribution in [0, 0.1) is 5.82 Å². The number of anilines is 1. The summed E-state index contributed by atoms with van der Waals surface area (Å²) in [5.41, 5.74) is -4.24. The molecule has 7 heteroatoms. The Morgan fingerprint density at radius 2 is 1.62 bits per heavy atom. The number of rotatable bonds is 3. The van der Waals surface area contributed by atoms with E-state index in [0.29, 0.717) is 0 Å². The van der Waals surface area contributed by atoms with Crippen molar-refractivity contribution in [2.75, 3.05) is 5.32 Å². The molecule has 1 amide bonds. The minimum Gasteiger partial charge on any atom is -0.321 e. The van der Waals surface area contributed by atoms with E-state index in [2.05, 4.69) is 5.32 Å². The van der Waals surface area contributed by atoms with Crippen molar-refractivity contribution in [2.24, 2.45) is 0 Å². The topological polar surface area (TPSA) is 29.1 Å². The largest absolute Gasteiger partial charge is 0.446 e. The number of carbonyl (C=O) groups excluding carboxylic acids is 1. The van der Waals surface area contributed by atoms with Gasteiger partial charge in [-0.05, 0) is 48.2 Å². The molecule has 0 saturated heterocycles. The number of para-hydroxylation sites is 1. The minimum atomic E-state index is -4.45. The quantitative estimate of drug-likeness (QED) is 0.657. The molecule has 0 atom stereocenters. The van der Waals surface area contributed by atoms with Crippen LogP contribution in [0.1, 0.15) is 10.4 Å². The molecule has 2 rings (SSSR count). The fourth-order valence-corrected chi connectivity index (χ4v) is 2.20. The monoisotopic (exact) mass is 315 g/mol. The van der Waals surface area contributed by atoms with E-state index in [4.69, 9.17) is 0 Å². The summed E-state index contributed by atoms with van der Waals surface area (Å²) in [6, 6.07) is 10.3. The van der Waals surface area contributed by atoms with E-state index in [0.717, 1.165) is 12.1 Å². The molecule has 0 radical (unpaired) electrons. The van der Waals surface area contributed by atoms with Gasteiger partial charge in [0.15, 0.2) is 0 Å². The highest BCUT2D eigenvalue weighted by atomic mass is 32.2. The highest BCUT2D eigenvalue weighted by Gasteiger charge is 2.30. The average molecular weight is 315 g/mol. The van der Waals surface area contributed by atoms with Crippen LogP contribution in [-0.2, 0) is 0 Å². The molecule has 0 aliphatic heterocycles. The Balaban J connectivity index is 2.19. The van der Waals surface area contributed by atoms with Crippen LogP contribution in [0.25, 0.3) is 0 Å². The summed E-state index contributed by atoms with van der Waals surface area (Å²) in [5.74, 6) is -1.11. The molecule has 2 aromatic carbocycles. The lowest BCUT2D eigenvalue weighted by atomic mass is 10.2. The van der Waals surface area contributed by atoms with Gasteiger partial charge >= 0.3 is 5.51 Å². The zero-order valence-electron chi connectivity index (χ0n) is 10.4. The second-order valence-corrected chi connectivity index (χ2v) is 5.11. The molecule has 21 heavy (non-hydrogen) atoms. The third kappa shape index (κ3) is 4.49. The SMILES string of the molecule is O=C(Nc1ccccc1SC(F)(F)F)c1ccc(F)cc1. The predicted molar refractivity (Wildman–Crippen MR) is 72.7 cm³/mol. The van der Waals surface area contributed by atoms with Gasteiger partial charge < -0.3 is 5.32 Å².